The summed E-state index contributed by atoms with van der Waals surface area (Å²) in [6, 6.07) is 35.1. The molecule has 254 valence electrons. The fourth-order valence-electron chi connectivity index (χ4n) is 9.12. The first-order valence-corrected chi connectivity index (χ1v) is 18.6. The number of hydrogen-bond donors (Lipinski definition) is 0. The average Bonchev–Trinajstić information content (AvgIpc) is 3.68. The molecule has 0 bridgehead atoms. The van der Waals surface area contributed by atoms with Crippen LogP contribution in [0.4, 0.5) is 11.4 Å². The summed E-state index contributed by atoms with van der Waals surface area (Å²) < 4.78 is 2.40. The molecule has 9 rings (SSSR count). The molecule has 1 spiro atoms. The standard InChI is InChI=1S/C51H40N2/c1-5-20-43-39(6-2)40(7-3)46(51(43)44-26-15-18-29-49(44)53(38-23-12-9-13-24-38)50-30-19-16-27-45(50)51)33-35(4)36-31-32-48-42(34-36)41-25-14-17-28-47(41)52(48)37-21-10-8-11-22-37/h2-3,5,9-10,12-15,17-18,20-34H,8,11,16,19H2,1,4H3/b20-5-,35-33+. The van der Waals surface area contributed by atoms with E-state index in [2.05, 4.69) is 181 Å². The van der Waals surface area contributed by atoms with Gasteiger partial charge in [-0.15, -0.1) is 12.8 Å². The molecule has 0 amide bonds. The average molecular weight is 681 g/mol. The molecule has 1 aromatic heterocycles. The van der Waals surface area contributed by atoms with Crippen molar-refractivity contribution in [3.63, 3.8) is 0 Å². The number of allylic oxidation sites excluding steroid dienone is 15. The van der Waals surface area contributed by atoms with Crippen LogP contribution in [0.5, 0.6) is 0 Å². The lowest BCUT2D eigenvalue weighted by atomic mass is 9.60. The second-order valence-electron chi connectivity index (χ2n) is 14.1. The maximum Gasteiger partial charge on any atom is 0.0763 e. The van der Waals surface area contributed by atoms with Crippen molar-refractivity contribution in [2.24, 2.45) is 0 Å². The van der Waals surface area contributed by atoms with Gasteiger partial charge in [0.05, 0.1) is 22.1 Å². The summed E-state index contributed by atoms with van der Waals surface area (Å²) in [4.78, 5) is 2.41. The zero-order valence-electron chi connectivity index (χ0n) is 30.2. The van der Waals surface area contributed by atoms with E-state index in [0.29, 0.717) is 0 Å². The maximum atomic E-state index is 6.52. The van der Waals surface area contributed by atoms with Gasteiger partial charge in [0.2, 0.25) is 0 Å². The van der Waals surface area contributed by atoms with Gasteiger partial charge in [0.15, 0.2) is 0 Å². The van der Waals surface area contributed by atoms with Gasteiger partial charge in [0, 0.05) is 39.0 Å². The van der Waals surface area contributed by atoms with Crippen LogP contribution in [0.2, 0.25) is 0 Å². The van der Waals surface area contributed by atoms with Gasteiger partial charge in [-0.3, -0.25) is 0 Å². The Morgan fingerprint density at radius 1 is 0.736 bits per heavy atom. The summed E-state index contributed by atoms with van der Waals surface area (Å²) in [6.45, 7) is 4.27. The Labute approximate surface area is 312 Å². The summed E-state index contributed by atoms with van der Waals surface area (Å²) in [7, 11) is 0. The molecule has 1 atom stereocenters. The largest absolute Gasteiger partial charge is 0.310 e. The highest BCUT2D eigenvalue weighted by atomic mass is 15.2. The van der Waals surface area contributed by atoms with E-state index in [1.807, 2.05) is 0 Å². The number of aromatic nitrogens is 1. The fraction of sp³-hybridized carbons (Fsp3) is 0.137. The Morgan fingerprint density at radius 3 is 2.25 bits per heavy atom. The van der Waals surface area contributed by atoms with Crippen molar-refractivity contribution in [2.45, 2.75) is 44.9 Å². The van der Waals surface area contributed by atoms with Gasteiger partial charge in [-0.2, -0.15) is 0 Å². The number of rotatable bonds is 5. The third-order valence-electron chi connectivity index (χ3n) is 11.3. The summed E-state index contributed by atoms with van der Waals surface area (Å²) >= 11 is 0. The van der Waals surface area contributed by atoms with Gasteiger partial charge in [0.25, 0.3) is 0 Å². The molecule has 0 saturated heterocycles. The molecule has 4 aliphatic rings. The molecule has 1 aliphatic heterocycles. The second kappa shape index (κ2) is 12.9. The highest BCUT2D eigenvalue weighted by Crippen LogP contribution is 2.63. The zero-order valence-corrected chi connectivity index (χ0v) is 30.2. The Kier molecular flexibility index (Phi) is 7.91. The van der Waals surface area contributed by atoms with Crippen LogP contribution in [-0.4, -0.2) is 4.57 Å². The van der Waals surface area contributed by atoms with Crippen molar-refractivity contribution in [1.82, 2.24) is 4.57 Å². The lowest BCUT2D eigenvalue weighted by molar-refractivity contribution is 0.697. The highest BCUT2D eigenvalue weighted by Gasteiger charge is 2.54. The normalized spacial score (nSPS) is 19.7. The van der Waals surface area contributed by atoms with E-state index in [-0.39, 0.29) is 0 Å². The van der Waals surface area contributed by atoms with Gasteiger partial charge >= 0.3 is 0 Å². The predicted molar refractivity (Wildman–Crippen MR) is 224 cm³/mol. The van der Waals surface area contributed by atoms with Crippen molar-refractivity contribution in [3.05, 3.63) is 190 Å². The van der Waals surface area contributed by atoms with Crippen LogP contribution in [0.25, 0.3) is 33.1 Å². The highest BCUT2D eigenvalue weighted by molar-refractivity contribution is 6.11. The van der Waals surface area contributed by atoms with E-state index in [1.165, 1.54) is 44.3 Å². The minimum Gasteiger partial charge on any atom is -0.310 e. The Morgan fingerprint density at radius 2 is 1.45 bits per heavy atom. The lowest BCUT2D eigenvalue weighted by Gasteiger charge is -2.49. The summed E-state index contributed by atoms with van der Waals surface area (Å²) in [5.41, 5.74) is 14.7. The number of nitrogens with zero attached hydrogens (tertiary/aromatic N) is 2. The topological polar surface area (TPSA) is 8.17 Å². The molecule has 2 nitrogen and oxygen atoms in total. The van der Waals surface area contributed by atoms with E-state index in [9.17, 15) is 0 Å². The molecule has 3 aliphatic carbocycles. The van der Waals surface area contributed by atoms with Gasteiger partial charge in [-0.1, -0.05) is 115 Å². The molecule has 0 N–H and O–H groups in total. The zero-order chi connectivity index (χ0) is 36.1. The molecule has 0 radical (unpaired) electrons. The number of hydrogen-bond acceptors (Lipinski definition) is 1. The fourth-order valence-corrected chi connectivity index (χ4v) is 9.12. The van der Waals surface area contributed by atoms with Crippen molar-refractivity contribution >= 4 is 44.5 Å². The Balaban J connectivity index is 1.30. The van der Waals surface area contributed by atoms with Crippen LogP contribution in [0, 0.1) is 24.7 Å². The third kappa shape index (κ3) is 4.76. The van der Waals surface area contributed by atoms with E-state index < -0.39 is 5.41 Å². The quantitative estimate of drug-likeness (QED) is 0.168. The van der Waals surface area contributed by atoms with Crippen molar-refractivity contribution in [3.8, 4) is 24.7 Å². The number of anilines is 2. The Bertz CT molecular complexity index is 2700. The smallest absolute Gasteiger partial charge is 0.0763 e. The van der Waals surface area contributed by atoms with Gasteiger partial charge in [-0.25, -0.2) is 0 Å². The number of benzene rings is 4. The SMILES string of the molecule is C#CC1=C(/C=C\C)C2(C3=CCCC=C3N(c3ccccc3)c3ccccc32)C(/C=C(\C)c2ccc3c(c2)c2ccccc2n3C2=CCCC=C2)=C1C#C. The van der Waals surface area contributed by atoms with Crippen LogP contribution in [0.3, 0.4) is 0 Å². The van der Waals surface area contributed by atoms with E-state index in [4.69, 9.17) is 12.8 Å². The van der Waals surface area contributed by atoms with Crippen LogP contribution in [0.1, 0.15) is 50.7 Å². The summed E-state index contributed by atoms with van der Waals surface area (Å²) in [5, 5.41) is 2.48. The molecule has 4 aromatic carbocycles. The van der Waals surface area contributed by atoms with E-state index >= 15 is 0 Å². The summed E-state index contributed by atoms with van der Waals surface area (Å²) in [5.74, 6) is 6.21. The molecule has 5 aromatic rings. The molecule has 2 heteroatoms. The van der Waals surface area contributed by atoms with Gasteiger partial charge < -0.3 is 9.47 Å². The molecule has 1 unspecified atom stereocenters. The first kappa shape index (κ1) is 32.4. The van der Waals surface area contributed by atoms with Crippen LogP contribution in [-0.2, 0) is 5.41 Å². The van der Waals surface area contributed by atoms with Crippen LogP contribution in [0.15, 0.2) is 179 Å². The first-order chi connectivity index (χ1) is 26.1. The van der Waals surface area contributed by atoms with Crippen molar-refractivity contribution in [2.75, 3.05) is 4.90 Å². The van der Waals surface area contributed by atoms with Crippen molar-refractivity contribution < 1.29 is 0 Å². The van der Waals surface area contributed by atoms with Gasteiger partial charge in [0.1, 0.15) is 0 Å². The Hall–Kier alpha value is -6.48. The molecular weight excluding hydrogens is 641 g/mol. The molecule has 0 fully saturated rings. The number of terminal acetylenes is 2. The molecule has 2 heterocycles. The van der Waals surface area contributed by atoms with Gasteiger partial charge in [-0.05, 0) is 115 Å². The number of para-hydroxylation sites is 3. The monoisotopic (exact) mass is 680 g/mol. The summed E-state index contributed by atoms with van der Waals surface area (Å²) in [6.07, 6.45) is 35.3. The third-order valence-corrected chi connectivity index (χ3v) is 11.3. The van der Waals surface area contributed by atoms with E-state index in [0.717, 1.165) is 70.5 Å². The maximum absolute atomic E-state index is 6.52. The molecule has 0 saturated carbocycles. The minimum absolute atomic E-state index is 0.703. The predicted octanol–water partition coefficient (Wildman–Crippen LogP) is 12.5. The minimum atomic E-state index is -0.703. The van der Waals surface area contributed by atoms with Crippen molar-refractivity contribution in [1.29, 1.82) is 0 Å². The second-order valence-corrected chi connectivity index (χ2v) is 14.1. The number of fused-ring (bicyclic) bond motifs is 7. The lowest BCUT2D eigenvalue weighted by Crippen LogP contribution is -2.41. The van der Waals surface area contributed by atoms with Crippen LogP contribution >= 0.6 is 0 Å². The molecule has 53 heavy (non-hydrogen) atoms. The van der Waals surface area contributed by atoms with Crippen LogP contribution < -0.4 is 4.90 Å². The van der Waals surface area contributed by atoms with E-state index in [1.54, 1.807) is 0 Å². The molecular formula is C51H40N2. The first-order valence-electron chi connectivity index (χ1n) is 18.6.